The standard InChI is InChI=1S/C24H26F3N9O3.C2H6/c1-13(12-39-14(2)37)36(29)22(34-28)19-4-3-5-21(32-19)33-23(38)20-8-17(18(10-30-20)24(25,26)27)15-9-31-35(11-15)16-6-7-16;1-2/h3-5,8-11,13,16H,6-7,12,28-29H2,1-2H3,(H,32,33,38);1-2H3/b34-22-;. The molecular weight excluding hydrogens is 543 g/mol. The summed E-state index contributed by atoms with van der Waals surface area (Å²) in [5.41, 5.74) is -1.05. The van der Waals surface area contributed by atoms with Crippen molar-refractivity contribution >= 4 is 23.5 Å². The molecular formula is C26H32F3N9O3. The number of carbonyl (C=O) groups excluding carboxylic acids is 2. The number of hydrazone groups is 1. The predicted octanol–water partition coefficient (Wildman–Crippen LogP) is 3.72. The second kappa shape index (κ2) is 13.2. The third-order valence-corrected chi connectivity index (χ3v) is 5.86. The topological polar surface area (TPSA) is 167 Å². The van der Waals surface area contributed by atoms with Gasteiger partial charge in [0.15, 0.2) is 5.84 Å². The van der Waals surface area contributed by atoms with E-state index in [1.807, 2.05) is 13.8 Å². The molecule has 5 N–H and O–H groups in total. The fraction of sp³-hybridized carbons (Fsp3) is 0.385. The normalized spacial score (nSPS) is 14.0. The number of ether oxygens (including phenoxy) is 1. The molecule has 0 aromatic carbocycles. The van der Waals surface area contributed by atoms with Gasteiger partial charge in [-0.05, 0) is 38.0 Å². The van der Waals surface area contributed by atoms with Crippen molar-refractivity contribution in [2.75, 3.05) is 11.9 Å². The van der Waals surface area contributed by atoms with E-state index in [1.54, 1.807) is 17.7 Å². The van der Waals surface area contributed by atoms with Crippen LogP contribution in [0.4, 0.5) is 19.0 Å². The summed E-state index contributed by atoms with van der Waals surface area (Å²) in [7, 11) is 0. The maximum absolute atomic E-state index is 13.7. The van der Waals surface area contributed by atoms with Crippen molar-refractivity contribution in [3.63, 3.8) is 0 Å². The Balaban J connectivity index is 0.00000226. The van der Waals surface area contributed by atoms with Gasteiger partial charge in [-0.3, -0.25) is 24.3 Å². The summed E-state index contributed by atoms with van der Waals surface area (Å²) in [6.07, 6.45) is 0.625. The molecule has 12 nitrogen and oxygen atoms in total. The molecule has 0 saturated heterocycles. The monoisotopic (exact) mass is 575 g/mol. The molecule has 0 spiro atoms. The lowest BCUT2D eigenvalue weighted by Crippen LogP contribution is -2.47. The number of nitrogens with two attached hydrogens (primary N) is 2. The Hall–Kier alpha value is -4.53. The fourth-order valence-corrected chi connectivity index (χ4v) is 3.66. The van der Waals surface area contributed by atoms with Crippen LogP contribution in [-0.2, 0) is 15.7 Å². The summed E-state index contributed by atoms with van der Waals surface area (Å²) in [6, 6.07) is 5.27. The van der Waals surface area contributed by atoms with Crippen molar-refractivity contribution in [1.82, 2.24) is 24.8 Å². The van der Waals surface area contributed by atoms with E-state index in [-0.39, 0.29) is 46.8 Å². The van der Waals surface area contributed by atoms with Gasteiger partial charge in [0.1, 0.15) is 23.8 Å². The quantitative estimate of drug-likeness (QED) is 0.119. The van der Waals surface area contributed by atoms with Gasteiger partial charge in [0.2, 0.25) is 0 Å². The van der Waals surface area contributed by atoms with Gasteiger partial charge < -0.3 is 15.9 Å². The van der Waals surface area contributed by atoms with Crippen LogP contribution < -0.4 is 17.0 Å². The lowest BCUT2D eigenvalue weighted by Gasteiger charge is -2.26. The molecule has 4 rings (SSSR count). The molecule has 3 heterocycles. The molecule has 1 amide bonds. The number of hydrogen-bond acceptors (Lipinski definition) is 9. The zero-order valence-electron chi connectivity index (χ0n) is 23.0. The second-order valence-electron chi connectivity index (χ2n) is 8.93. The van der Waals surface area contributed by atoms with E-state index in [1.165, 1.54) is 31.5 Å². The predicted molar refractivity (Wildman–Crippen MR) is 145 cm³/mol. The number of nitrogens with zero attached hydrogens (tertiary/aromatic N) is 6. The van der Waals surface area contributed by atoms with Gasteiger partial charge in [-0.25, -0.2) is 10.8 Å². The van der Waals surface area contributed by atoms with Gasteiger partial charge >= 0.3 is 12.1 Å². The number of nitrogens with one attached hydrogen (secondary N) is 1. The molecule has 1 saturated carbocycles. The number of esters is 1. The van der Waals surface area contributed by atoms with Crippen LogP contribution in [0.5, 0.6) is 0 Å². The van der Waals surface area contributed by atoms with E-state index in [2.05, 4.69) is 25.5 Å². The van der Waals surface area contributed by atoms with Crippen LogP contribution in [0.25, 0.3) is 11.1 Å². The van der Waals surface area contributed by atoms with Gasteiger partial charge in [-0.2, -0.15) is 23.4 Å². The van der Waals surface area contributed by atoms with Crippen molar-refractivity contribution in [3.8, 4) is 11.1 Å². The molecule has 1 aliphatic rings. The number of amidine groups is 1. The maximum atomic E-state index is 13.7. The number of rotatable bonds is 8. The van der Waals surface area contributed by atoms with Crippen molar-refractivity contribution in [1.29, 1.82) is 0 Å². The molecule has 0 radical (unpaired) electrons. The van der Waals surface area contributed by atoms with Gasteiger partial charge in [0.25, 0.3) is 5.91 Å². The molecule has 1 fully saturated rings. The number of carbonyl (C=O) groups is 2. The summed E-state index contributed by atoms with van der Waals surface area (Å²) < 4.78 is 47.7. The van der Waals surface area contributed by atoms with Crippen LogP contribution in [-0.4, -0.2) is 55.1 Å². The molecule has 1 aliphatic carbocycles. The minimum Gasteiger partial charge on any atom is -0.464 e. The number of alkyl halides is 3. The Morgan fingerprint density at radius 2 is 1.95 bits per heavy atom. The highest BCUT2D eigenvalue weighted by Crippen LogP contribution is 2.39. The van der Waals surface area contributed by atoms with E-state index >= 15 is 0 Å². The highest BCUT2D eigenvalue weighted by atomic mass is 19.4. The first-order valence-corrected chi connectivity index (χ1v) is 12.8. The van der Waals surface area contributed by atoms with Gasteiger partial charge in [-0.1, -0.05) is 19.9 Å². The van der Waals surface area contributed by atoms with Crippen LogP contribution in [0.2, 0.25) is 0 Å². The average molecular weight is 576 g/mol. The minimum absolute atomic E-state index is 0.0355. The van der Waals surface area contributed by atoms with Gasteiger partial charge in [-0.15, -0.1) is 0 Å². The van der Waals surface area contributed by atoms with E-state index < -0.39 is 29.7 Å². The lowest BCUT2D eigenvalue weighted by molar-refractivity contribution is -0.142. The average Bonchev–Trinajstić information content (AvgIpc) is 3.68. The van der Waals surface area contributed by atoms with Crippen LogP contribution in [0.15, 0.2) is 48.0 Å². The Morgan fingerprint density at radius 1 is 1.24 bits per heavy atom. The largest absolute Gasteiger partial charge is 0.464 e. The second-order valence-corrected chi connectivity index (χ2v) is 8.93. The molecule has 0 bridgehead atoms. The molecule has 15 heteroatoms. The number of pyridine rings is 2. The Kier molecular flexibility index (Phi) is 9.99. The molecule has 0 aliphatic heterocycles. The van der Waals surface area contributed by atoms with Crippen LogP contribution >= 0.6 is 0 Å². The number of halogens is 3. The molecule has 220 valence electrons. The van der Waals surface area contributed by atoms with Gasteiger partial charge in [0.05, 0.1) is 23.8 Å². The maximum Gasteiger partial charge on any atom is 0.418 e. The first-order chi connectivity index (χ1) is 19.5. The van der Waals surface area contributed by atoms with E-state index in [9.17, 15) is 22.8 Å². The fourth-order valence-electron chi connectivity index (χ4n) is 3.66. The highest BCUT2D eigenvalue weighted by Gasteiger charge is 2.35. The number of anilines is 1. The van der Waals surface area contributed by atoms with E-state index in [0.29, 0.717) is 6.20 Å². The Labute approximate surface area is 234 Å². The Bertz CT molecular complexity index is 1400. The first kappa shape index (κ1) is 31.0. The van der Waals surface area contributed by atoms with Gasteiger partial charge in [0, 0.05) is 30.4 Å². The number of hydrazine groups is 1. The number of amides is 1. The zero-order valence-corrected chi connectivity index (χ0v) is 23.0. The third kappa shape index (κ3) is 7.78. The third-order valence-electron chi connectivity index (χ3n) is 5.86. The van der Waals surface area contributed by atoms with Crippen molar-refractivity contribution in [2.24, 2.45) is 16.8 Å². The van der Waals surface area contributed by atoms with Crippen LogP contribution in [0.1, 0.15) is 68.3 Å². The lowest BCUT2D eigenvalue weighted by atomic mass is 10.0. The first-order valence-electron chi connectivity index (χ1n) is 12.8. The van der Waals surface area contributed by atoms with Crippen molar-refractivity contribution < 1.29 is 27.5 Å². The molecule has 1 unspecified atom stereocenters. The minimum atomic E-state index is -4.69. The smallest absolute Gasteiger partial charge is 0.418 e. The zero-order chi connectivity index (χ0) is 30.3. The van der Waals surface area contributed by atoms with Crippen molar-refractivity contribution in [3.05, 3.63) is 59.8 Å². The SMILES string of the molecule is CC.CC(=O)OCC(C)N(N)/C(=N\N)c1cccc(NC(=O)c2cc(-c3cnn(C4CC4)c3)c(C(F)(F)F)cn2)n1. The summed E-state index contributed by atoms with van der Waals surface area (Å²) in [6.45, 7) is 6.89. The number of aromatic nitrogens is 4. The van der Waals surface area contributed by atoms with E-state index in [4.69, 9.17) is 16.4 Å². The van der Waals surface area contributed by atoms with Crippen LogP contribution in [0, 0.1) is 0 Å². The van der Waals surface area contributed by atoms with E-state index in [0.717, 1.165) is 23.9 Å². The van der Waals surface area contributed by atoms with Crippen molar-refractivity contribution in [2.45, 2.75) is 58.8 Å². The summed E-state index contributed by atoms with van der Waals surface area (Å²) in [5, 5.41) is 11.5. The summed E-state index contributed by atoms with van der Waals surface area (Å²) in [5.74, 6) is 10.4. The summed E-state index contributed by atoms with van der Waals surface area (Å²) in [4.78, 5) is 32.1. The highest BCUT2D eigenvalue weighted by molar-refractivity contribution is 6.03. The molecule has 3 aromatic heterocycles. The molecule has 3 aromatic rings. The van der Waals surface area contributed by atoms with Crippen LogP contribution in [0.3, 0.4) is 0 Å². The Morgan fingerprint density at radius 3 is 2.56 bits per heavy atom. The number of hydrogen-bond donors (Lipinski definition) is 3. The molecule has 1 atom stereocenters. The molecule has 41 heavy (non-hydrogen) atoms. The summed E-state index contributed by atoms with van der Waals surface area (Å²) >= 11 is 0.